The molecule has 2 N–H and O–H groups in total. The Morgan fingerprint density at radius 1 is 1.71 bits per heavy atom. The molecule has 14 heavy (non-hydrogen) atoms. The van der Waals surface area contributed by atoms with Crippen LogP contribution in [0.2, 0.25) is 0 Å². The number of nitrogens with zero attached hydrogens (tertiary/aromatic N) is 2. The van der Waals surface area contributed by atoms with Gasteiger partial charge in [0.2, 0.25) is 0 Å². The summed E-state index contributed by atoms with van der Waals surface area (Å²) in [4.78, 5) is 9.12. The average Bonchev–Trinajstić information content (AvgIpc) is 2.55. The van der Waals surface area contributed by atoms with E-state index in [9.17, 15) is 0 Å². The van der Waals surface area contributed by atoms with Crippen molar-refractivity contribution < 1.29 is 0 Å². The van der Waals surface area contributed by atoms with Crippen LogP contribution in [0.4, 0.5) is 0 Å². The fraction of sp³-hybridized carbons (Fsp3) is 0.556. The van der Waals surface area contributed by atoms with Gasteiger partial charge in [-0.25, -0.2) is 4.98 Å². The number of aromatic nitrogens is 2. The molecule has 0 spiro atoms. The quantitative estimate of drug-likeness (QED) is 0.737. The number of hydrogen-bond donors (Lipinski definition) is 2. The van der Waals surface area contributed by atoms with Gasteiger partial charge >= 0.3 is 0 Å². The first kappa shape index (κ1) is 11.0. The minimum atomic E-state index is 0.363. The summed E-state index contributed by atoms with van der Waals surface area (Å²) >= 11 is 5.20. The Morgan fingerprint density at radius 2 is 2.43 bits per heavy atom. The molecular formula is C9H16N4S. The number of nitrogens with one attached hydrogen (secondary N) is 2. The molecule has 0 saturated carbocycles. The van der Waals surface area contributed by atoms with Gasteiger partial charge in [0.1, 0.15) is 5.82 Å². The second kappa shape index (κ2) is 4.95. The van der Waals surface area contributed by atoms with Crippen molar-refractivity contribution in [2.75, 3.05) is 7.05 Å². The molecule has 0 aliphatic carbocycles. The molecule has 0 amide bonds. The summed E-state index contributed by atoms with van der Waals surface area (Å²) in [6.07, 6.45) is 3.55. The number of H-pyrrole nitrogens is 1. The molecule has 5 heteroatoms. The Morgan fingerprint density at radius 3 is 2.93 bits per heavy atom. The zero-order chi connectivity index (χ0) is 10.6. The van der Waals surface area contributed by atoms with Gasteiger partial charge in [0.05, 0.1) is 6.54 Å². The predicted octanol–water partition coefficient (Wildman–Crippen LogP) is 1.12. The Hall–Kier alpha value is -1.10. The van der Waals surface area contributed by atoms with E-state index in [-0.39, 0.29) is 0 Å². The number of aromatic amines is 1. The van der Waals surface area contributed by atoms with Crippen LogP contribution >= 0.6 is 12.2 Å². The van der Waals surface area contributed by atoms with E-state index in [4.69, 9.17) is 12.2 Å². The molecule has 4 nitrogen and oxygen atoms in total. The van der Waals surface area contributed by atoms with E-state index in [0.717, 1.165) is 10.9 Å². The van der Waals surface area contributed by atoms with Gasteiger partial charge in [-0.1, -0.05) is 0 Å². The summed E-state index contributed by atoms with van der Waals surface area (Å²) in [6, 6.07) is 0.363. The van der Waals surface area contributed by atoms with Crippen LogP contribution in [0, 0.1) is 0 Å². The molecule has 0 radical (unpaired) electrons. The summed E-state index contributed by atoms with van der Waals surface area (Å²) in [5, 5.41) is 3.92. The van der Waals surface area contributed by atoms with Crippen molar-refractivity contribution in [3.05, 3.63) is 18.2 Å². The lowest BCUT2D eigenvalue weighted by atomic mass is 10.4. The van der Waals surface area contributed by atoms with Crippen LogP contribution in [0.5, 0.6) is 0 Å². The lowest BCUT2D eigenvalue weighted by Crippen LogP contribution is -2.40. The first-order chi connectivity index (χ1) is 6.59. The van der Waals surface area contributed by atoms with Crippen LogP contribution in [0.1, 0.15) is 19.7 Å². The van der Waals surface area contributed by atoms with Gasteiger partial charge in [0.25, 0.3) is 0 Å². The lowest BCUT2D eigenvalue weighted by molar-refractivity contribution is 0.468. The monoisotopic (exact) mass is 212 g/mol. The summed E-state index contributed by atoms with van der Waals surface area (Å²) in [7, 11) is 1.94. The molecule has 78 valence electrons. The third-order valence-corrected chi connectivity index (χ3v) is 2.13. The van der Waals surface area contributed by atoms with E-state index >= 15 is 0 Å². The fourth-order valence-corrected chi connectivity index (χ4v) is 1.34. The van der Waals surface area contributed by atoms with Crippen molar-refractivity contribution in [3.63, 3.8) is 0 Å². The van der Waals surface area contributed by atoms with Crippen LogP contribution in [0.15, 0.2) is 12.4 Å². The van der Waals surface area contributed by atoms with E-state index in [1.165, 1.54) is 0 Å². The summed E-state index contributed by atoms with van der Waals surface area (Å²) in [5.74, 6) is 0.917. The second-order valence-corrected chi connectivity index (χ2v) is 3.88. The third-order valence-electron chi connectivity index (χ3n) is 1.70. The van der Waals surface area contributed by atoms with Crippen molar-refractivity contribution >= 4 is 17.3 Å². The van der Waals surface area contributed by atoms with Crippen LogP contribution < -0.4 is 5.32 Å². The minimum Gasteiger partial charge on any atom is -0.360 e. The topological polar surface area (TPSA) is 44.0 Å². The third kappa shape index (κ3) is 3.33. The molecule has 1 heterocycles. The largest absolute Gasteiger partial charge is 0.360 e. The normalized spacial score (nSPS) is 10.3. The van der Waals surface area contributed by atoms with Crippen LogP contribution in [-0.4, -0.2) is 33.1 Å². The highest BCUT2D eigenvalue weighted by molar-refractivity contribution is 7.80. The fourth-order valence-electron chi connectivity index (χ4n) is 1.04. The second-order valence-electron chi connectivity index (χ2n) is 3.50. The minimum absolute atomic E-state index is 0.363. The van der Waals surface area contributed by atoms with Gasteiger partial charge in [0, 0.05) is 25.5 Å². The molecule has 0 saturated heterocycles. The zero-order valence-electron chi connectivity index (χ0n) is 8.74. The van der Waals surface area contributed by atoms with Crippen LogP contribution in [-0.2, 0) is 6.54 Å². The zero-order valence-corrected chi connectivity index (χ0v) is 9.56. The summed E-state index contributed by atoms with van der Waals surface area (Å²) in [5.41, 5.74) is 0. The number of thiocarbonyl (C=S) groups is 1. The molecule has 0 aliphatic rings. The van der Waals surface area contributed by atoms with Crippen LogP contribution in [0.25, 0.3) is 0 Å². The lowest BCUT2D eigenvalue weighted by Gasteiger charge is -2.21. The summed E-state index contributed by atoms with van der Waals surface area (Å²) < 4.78 is 0. The van der Waals surface area contributed by atoms with E-state index < -0.39 is 0 Å². The Bertz CT molecular complexity index is 281. The molecule has 0 fully saturated rings. The van der Waals surface area contributed by atoms with Gasteiger partial charge in [-0.05, 0) is 26.1 Å². The maximum atomic E-state index is 5.20. The molecule has 0 atom stereocenters. The van der Waals surface area contributed by atoms with Gasteiger partial charge in [-0.15, -0.1) is 0 Å². The van der Waals surface area contributed by atoms with Crippen LogP contribution in [0.3, 0.4) is 0 Å². The number of imidazole rings is 1. The molecule has 0 aliphatic heterocycles. The Labute approximate surface area is 89.7 Å². The van der Waals surface area contributed by atoms with Gasteiger partial charge in [0.15, 0.2) is 5.11 Å². The molecular weight excluding hydrogens is 196 g/mol. The number of hydrogen-bond acceptors (Lipinski definition) is 2. The van der Waals surface area contributed by atoms with Crippen molar-refractivity contribution in [1.82, 2.24) is 20.2 Å². The summed E-state index contributed by atoms with van der Waals surface area (Å²) in [6.45, 7) is 4.83. The maximum Gasteiger partial charge on any atom is 0.169 e. The number of rotatable bonds is 3. The highest BCUT2D eigenvalue weighted by atomic mass is 32.1. The Kier molecular flexibility index (Phi) is 3.88. The molecule has 0 bridgehead atoms. The SMILES string of the molecule is CC(C)NC(=S)N(C)Cc1ncc[nH]1. The molecule has 1 aromatic rings. The van der Waals surface area contributed by atoms with Crippen molar-refractivity contribution in [3.8, 4) is 0 Å². The average molecular weight is 212 g/mol. The van der Waals surface area contributed by atoms with Crippen molar-refractivity contribution in [2.45, 2.75) is 26.4 Å². The van der Waals surface area contributed by atoms with E-state index in [1.807, 2.05) is 18.1 Å². The first-order valence-electron chi connectivity index (χ1n) is 4.59. The molecule has 1 aromatic heterocycles. The molecule has 0 aromatic carbocycles. The highest BCUT2D eigenvalue weighted by Crippen LogP contribution is 1.96. The van der Waals surface area contributed by atoms with Crippen molar-refractivity contribution in [1.29, 1.82) is 0 Å². The Balaban J connectivity index is 2.42. The van der Waals surface area contributed by atoms with Gasteiger partial charge in [-0.3, -0.25) is 0 Å². The van der Waals surface area contributed by atoms with Gasteiger partial charge in [-0.2, -0.15) is 0 Å². The molecule has 0 unspecified atom stereocenters. The van der Waals surface area contributed by atoms with Crippen molar-refractivity contribution in [2.24, 2.45) is 0 Å². The predicted molar refractivity (Wildman–Crippen MR) is 60.9 cm³/mol. The molecule has 1 rings (SSSR count). The van der Waals surface area contributed by atoms with E-state index in [1.54, 1.807) is 6.20 Å². The van der Waals surface area contributed by atoms with Gasteiger partial charge < -0.3 is 15.2 Å². The first-order valence-corrected chi connectivity index (χ1v) is 5.00. The maximum absolute atomic E-state index is 5.20. The van der Waals surface area contributed by atoms with E-state index in [0.29, 0.717) is 12.6 Å². The smallest absolute Gasteiger partial charge is 0.169 e. The van der Waals surface area contributed by atoms with E-state index in [2.05, 4.69) is 29.1 Å². The highest BCUT2D eigenvalue weighted by Gasteiger charge is 2.06. The standard InChI is InChI=1S/C9H16N4S/c1-7(2)12-9(14)13(3)6-8-10-4-5-11-8/h4-5,7H,6H2,1-3H3,(H,10,11)(H,12,14).